The van der Waals surface area contributed by atoms with Crippen LogP contribution in [0.4, 0.5) is 10.1 Å². The first-order chi connectivity index (χ1) is 7.09. The fraction of sp³-hybridized carbons (Fsp3) is 0. The zero-order valence-electron chi connectivity index (χ0n) is 7.41. The number of amides is 2. The lowest BCUT2D eigenvalue weighted by atomic mass is 10.3. The Morgan fingerprint density at radius 2 is 1.73 bits per heavy atom. The first-order valence-corrected chi connectivity index (χ1v) is 4.48. The van der Waals surface area contributed by atoms with Crippen molar-refractivity contribution >= 4 is 29.1 Å². The summed E-state index contributed by atoms with van der Waals surface area (Å²) in [6, 6.07) is 3.48. The highest BCUT2D eigenvalue weighted by Crippen LogP contribution is 2.28. The van der Waals surface area contributed by atoms with Crippen molar-refractivity contribution < 1.29 is 14.0 Å². The Bertz CT molecular complexity index is 466. The zero-order valence-corrected chi connectivity index (χ0v) is 8.16. The van der Waals surface area contributed by atoms with Crippen LogP contribution in [0.15, 0.2) is 30.4 Å². The van der Waals surface area contributed by atoms with Gasteiger partial charge in [-0.2, -0.15) is 0 Å². The Hall–Kier alpha value is -1.68. The van der Waals surface area contributed by atoms with E-state index in [1.807, 2.05) is 0 Å². The number of nitrogens with zero attached hydrogens (tertiary/aromatic N) is 1. The number of hydrogen-bond donors (Lipinski definition) is 0. The fourth-order valence-electron chi connectivity index (χ4n) is 1.30. The smallest absolute Gasteiger partial charge is 0.258 e. The van der Waals surface area contributed by atoms with Gasteiger partial charge in [-0.25, -0.2) is 9.29 Å². The first kappa shape index (κ1) is 9.86. The molecule has 0 fully saturated rings. The largest absolute Gasteiger partial charge is 0.269 e. The lowest BCUT2D eigenvalue weighted by Crippen LogP contribution is -2.29. The monoisotopic (exact) mass is 225 g/mol. The van der Waals surface area contributed by atoms with E-state index in [2.05, 4.69) is 0 Å². The third kappa shape index (κ3) is 1.64. The number of halogens is 2. The minimum Gasteiger partial charge on any atom is -0.269 e. The summed E-state index contributed by atoms with van der Waals surface area (Å²) >= 11 is 5.73. The van der Waals surface area contributed by atoms with E-state index in [1.165, 1.54) is 6.07 Å². The molecule has 76 valence electrons. The third-order valence-corrected chi connectivity index (χ3v) is 2.26. The molecule has 1 aromatic carbocycles. The van der Waals surface area contributed by atoms with Crippen LogP contribution in [0.25, 0.3) is 0 Å². The van der Waals surface area contributed by atoms with Crippen molar-refractivity contribution in [2.75, 3.05) is 4.90 Å². The van der Waals surface area contributed by atoms with Crippen LogP contribution in [0.1, 0.15) is 0 Å². The molecule has 0 unspecified atom stereocenters. The Morgan fingerprint density at radius 3 is 2.27 bits per heavy atom. The molecule has 2 amide bonds. The lowest BCUT2D eigenvalue weighted by molar-refractivity contribution is -0.119. The normalized spacial score (nSPS) is 15.2. The van der Waals surface area contributed by atoms with Gasteiger partial charge in [0.1, 0.15) is 5.82 Å². The molecule has 2 rings (SSSR count). The fourth-order valence-corrected chi connectivity index (χ4v) is 1.55. The average molecular weight is 226 g/mol. The number of anilines is 1. The van der Waals surface area contributed by atoms with Crippen molar-refractivity contribution in [3.8, 4) is 0 Å². The maximum Gasteiger partial charge on any atom is 0.258 e. The van der Waals surface area contributed by atoms with E-state index in [0.29, 0.717) is 0 Å². The average Bonchev–Trinajstić information content (AvgIpc) is 2.48. The van der Waals surface area contributed by atoms with Gasteiger partial charge in [-0.15, -0.1) is 0 Å². The zero-order chi connectivity index (χ0) is 11.0. The minimum atomic E-state index is -0.518. The molecule has 3 nitrogen and oxygen atoms in total. The highest BCUT2D eigenvalue weighted by Gasteiger charge is 2.26. The molecule has 15 heavy (non-hydrogen) atoms. The van der Waals surface area contributed by atoms with Gasteiger partial charge in [0.05, 0.1) is 10.7 Å². The number of carbonyl (C=O) groups is 2. The molecule has 0 spiro atoms. The summed E-state index contributed by atoms with van der Waals surface area (Å²) in [5.41, 5.74) is 0.193. The minimum absolute atomic E-state index is 0.0281. The Kier molecular flexibility index (Phi) is 2.28. The van der Waals surface area contributed by atoms with Crippen molar-refractivity contribution in [3.63, 3.8) is 0 Å². The topological polar surface area (TPSA) is 37.4 Å². The standard InChI is InChI=1S/C10H5ClFNO2/c11-7-5-6(12)1-2-8(7)13-9(14)3-4-10(13)15/h1-5H. The molecule has 5 heteroatoms. The predicted octanol–water partition coefficient (Wildman–Crippen LogP) is 1.91. The number of carbonyl (C=O) groups excluding carboxylic acids is 2. The predicted molar refractivity (Wildman–Crippen MR) is 53.0 cm³/mol. The molecule has 1 aliphatic heterocycles. The van der Waals surface area contributed by atoms with E-state index in [1.54, 1.807) is 0 Å². The molecule has 0 aliphatic carbocycles. The van der Waals surface area contributed by atoms with Gasteiger partial charge in [-0.1, -0.05) is 11.6 Å². The summed E-state index contributed by atoms with van der Waals surface area (Å²) in [6.07, 6.45) is 2.28. The maximum absolute atomic E-state index is 12.7. The molecule has 0 saturated heterocycles. The Balaban J connectivity index is 2.46. The molecule has 0 saturated carbocycles. The van der Waals surface area contributed by atoms with Crippen molar-refractivity contribution in [1.82, 2.24) is 0 Å². The van der Waals surface area contributed by atoms with Gasteiger partial charge in [-0.3, -0.25) is 9.59 Å². The van der Waals surface area contributed by atoms with E-state index in [4.69, 9.17) is 11.6 Å². The summed E-state index contributed by atoms with van der Waals surface area (Å²) in [5.74, 6) is -1.47. The summed E-state index contributed by atoms with van der Waals surface area (Å²) in [6.45, 7) is 0. The van der Waals surface area contributed by atoms with Crippen LogP contribution in [0.2, 0.25) is 5.02 Å². The van der Waals surface area contributed by atoms with E-state index >= 15 is 0 Å². The van der Waals surface area contributed by atoms with Gasteiger partial charge in [0.2, 0.25) is 0 Å². The van der Waals surface area contributed by atoms with Crippen molar-refractivity contribution in [3.05, 3.63) is 41.2 Å². The van der Waals surface area contributed by atoms with Gasteiger partial charge in [0, 0.05) is 12.2 Å². The van der Waals surface area contributed by atoms with Crippen LogP contribution in [-0.2, 0) is 9.59 Å². The highest BCUT2D eigenvalue weighted by atomic mass is 35.5. The van der Waals surface area contributed by atoms with E-state index < -0.39 is 17.6 Å². The lowest BCUT2D eigenvalue weighted by Gasteiger charge is -2.14. The highest BCUT2D eigenvalue weighted by molar-refractivity contribution is 6.37. The van der Waals surface area contributed by atoms with Gasteiger partial charge in [-0.05, 0) is 18.2 Å². The molecule has 0 N–H and O–H groups in total. The van der Waals surface area contributed by atoms with Gasteiger partial charge < -0.3 is 0 Å². The van der Waals surface area contributed by atoms with Crippen molar-refractivity contribution in [1.29, 1.82) is 0 Å². The second-order valence-electron chi connectivity index (χ2n) is 2.94. The second kappa shape index (κ2) is 3.47. The number of imide groups is 1. The quantitative estimate of drug-likeness (QED) is 0.685. The van der Waals surface area contributed by atoms with Crippen LogP contribution in [-0.4, -0.2) is 11.8 Å². The number of benzene rings is 1. The SMILES string of the molecule is O=C1C=CC(=O)N1c1ccc(F)cc1Cl. The molecule has 0 aromatic heterocycles. The molecule has 1 aliphatic rings. The van der Waals surface area contributed by atoms with Gasteiger partial charge >= 0.3 is 0 Å². The summed E-state index contributed by atoms with van der Waals surface area (Å²) in [4.78, 5) is 23.5. The molecule has 1 heterocycles. The maximum atomic E-state index is 12.7. The van der Waals surface area contributed by atoms with Crippen LogP contribution in [0, 0.1) is 5.82 Å². The molecule has 0 radical (unpaired) electrons. The Labute approximate surface area is 89.7 Å². The van der Waals surface area contributed by atoms with E-state index in [0.717, 1.165) is 29.2 Å². The summed E-state index contributed by atoms with van der Waals surface area (Å²) < 4.78 is 12.7. The van der Waals surface area contributed by atoms with Crippen LogP contribution >= 0.6 is 11.6 Å². The summed E-state index contributed by atoms with van der Waals surface area (Å²) in [5, 5.41) is 0.0281. The van der Waals surface area contributed by atoms with Gasteiger partial charge in [0.15, 0.2) is 0 Å². The van der Waals surface area contributed by atoms with Crippen LogP contribution < -0.4 is 4.90 Å². The number of hydrogen-bond acceptors (Lipinski definition) is 2. The van der Waals surface area contributed by atoms with Crippen LogP contribution in [0.3, 0.4) is 0 Å². The van der Waals surface area contributed by atoms with E-state index in [9.17, 15) is 14.0 Å². The second-order valence-corrected chi connectivity index (χ2v) is 3.35. The molecule has 1 aromatic rings. The number of rotatable bonds is 1. The third-order valence-electron chi connectivity index (χ3n) is 1.96. The van der Waals surface area contributed by atoms with Crippen LogP contribution in [0.5, 0.6) is 0 Å². The van der Waals surface area contributed by atoms with Gasteiger partial charge in [0.25, 0.3) is 11.8 Å². The van der Waals surface area contributed by atoms with Crippen molar-refractivity contribution in [2.45, 2.75) is 0 Å². The Morgan fingerprint density at radius 1 is 1.13 bits per heavy atom. The summed E-state index contributed by atoms with van der Waals surface area (Å²) in [7, 11) is 0. The molecule has 0 bridgehead atoms. The molecule has 0 atom stereocenters. The molecular formula is C10H5ClFNO2. The van der Waals surface area contributed by atoms with Crippen molar-refractivity contribution in [2.24, 2.45) is 0 Å². The van der Waals surface area contributed by atoms with E-state index in [-0.39, 0.29) is 10.7 Å². The molecular weight excluding hydrogens is 221 g/mol. The first-order valence-electron chi connectivity index (χ1n) is 4.11.